The Balaban J connectivity index is 2.29. The van der Waals surface area contributed by atoms with Crippen molar-refractivity contribution in [3.63, 3.8) is 0 Å². The van der Waals surface area contributed by atoms with Gasteiger partial charge < -0.3 is 0 Å². The molecule has 0 aromatic heterocycles. The Kier molecular flexibility index (Phi) is 8.93. The Morgan fingerprint density at radius 3 is 2.68 bits per heavy atom. The molecule has 131 valence electrons. The third-order valence-corrected chi connectivity index (χ3v) is 13.1. The van der Waals surface area contributed by atoms with Crippen LogP contribution in [0.2, 0.25) is 0 Å². The Bertz CT molecular complexity index is 642. The molecule has 1 aliphatic carbocycles. The van der Waals surface area contributed by atoms with Crippen LogP contribution < -0.4 is 5.73 Å². The Morgan fingerprint density at radius 2 is 2.08 bits per heavy atom. The van der Waals surface area contributed by atoms with Gasteiger partial charge in [-0.2, -0.15) is 0 Å². The molecule has 1 aliphatic rings. The standard InChI is InChI=1S/C13H13.C7H12NO2S.In/c1-3-7-12(8-4-1)11-13-9-5-2-6-10-13;1-3-4-11-5-6(8)7(9)10-2;/h1,3-5,7-11H,2,6H2;3-6H,8H2,1-2H3;/b;4-3-;. The molecule has 1 aromatic carbocycles. The van der Waals surface area contributed by atoms with Crippen LogP contribution in [0.3, 0.4) is 0 Å². The van der Waals surface area contributed by atoms with E-state index in [9.17, 15) is 4.79 Å². The van der Waals surface area contributed by atoms with Crippen LogP contribution in [-0.2, 0) is 9.53 Å². The van der Waals surface area contributed by atoms with E-state index in [2.05, 4.69) is 42.5 Å². The Labute approximate surface area is 166 Å². The average Bonchev–Trinajstić information content (AvgIpc) is 2.68. The molecule has 0 saturated carbocycles. The maximum absolute atomic E-state index is 12.0. The van der Waals surface area contributed by atoms with Crippen LogP contribution in [-0.4, -0.2) is 45.0 Å². The van der Waals surface area contributed by atoms with Crippen LogP contribution in [0.25, 0.3) is 0 Å². The zero-order valence-electron chi connectivity index (χ0n) is 14.8. The summed E-state index contributed by atoms with van der Waals surface area (Å²) in [5.41, 5.74) is 8.98. The van der Waals surface area contributed by atoms with Crippen LogP contribution >= 0.6 is 11.8 Å². The van der Waals surface area contributed by atoms with Gasteiger partial charge in [-0.3, -0.25) is 0 Å². The molecule has 2 N–H and O–H groups in total. The zero-order chi connectivity index (χ0) is 18.1. The summed E-state index contributed by atoms with van der Waals surface area (Å²) in [4.78, 5) is 12.0. The van der Waals surface area contributed by atoms with Gasteiger partial charge in [-0.1, -0.05) is 0 Å². The monoisotopic (exact) mass is 458 g/mol. The number of allylic oxidation sites excluding steroid dienone is 5. The first-order valence-corrected chi connectivity index (χ1v) is 13.3. The molecule has 0 fully saturated rings. The summed E-state index contributed by atoms with van der Waals surface area (Å²) in [6.45, 7) is 1.99. The van der Waals surface area contributed by atoms with Crippen molar-refractivity contribution in [1.29, 1.82) is 0 Å². The number of nitrogens with two attached hydrogens (primary N) is 1. The molecule has 3 unspecified atom stereocenters. The number of carbonyl (C=O) groups excluding carboxylic acids is 1. The fourth-order valence-electron chi connectivity index (χ4n) is 2.82. The topological polar surface area (TPSA) is 52.3 Å². The number of hydrogen-bond acceptors (Lipinski definition) is 4. The molecule has 0 amide bonds. The van der Waals surface area contributed by atoms with Gasteiger partial charge in [0.15, 0.2) is 0 Å². The second-order valence-electron chi connectivity index (χ2n) is 5.88. The van der Waals surface area contributed by atoms with E-state index in [0.29, 0.717) is 3.67 Å². The van der Waals surface area contributed by atoms with Gasteiger partial charge in [0.25, 0.3) is 0 Å². The van der Waals surface area contributed by atoms with Crippen molar-refractivity contribution in [3.8, 4) is 0 Å². The fourth-order valence-corrected chi connectivity index (χ4v) is 11.0. The second-order valence-corrected chi connectivity index (χ2v) is 13.4. The molecule has 1 radical (unpaired) electrons. The summed E-state index contributed by atoms with van der Waals surface area (Å²) >= 11 is 0.363. The first-order chi connectivity index (χ1) is 12.2. The number of benzene rings is 1. The van der Waals surface area contributed by atoms with E-state index in [1.54, 1.807) is 11.8 Å². The van der Waals surface area contributed by atoms with E-state index < -0.39 is 28.9 Å². The molecule has 3 atom stereocenters. The Morgan fingerprint density at radius 1 is 1.32 bits per heavy atom. The van der Waals surface area contributed by atoms with Gasteiger partial charge in [0.2, 0.25) is 0 Å². The molecule has 25 heavy (non-hydrogen) atoms. The van der Waals surface area contributed by atoms with E-state index in [1.165, 1.54) is 18.2 Å². The molecule has 2 rings (SSSR count). The molecule has 3 nitrogen and oxygen atoms in total. The summed E-state index contributed by atoms with van der Waals surface area (Å²) in [7, 11) is 1.41. The van der Waals surface area contributed by atoms with E-state index in [1.807, 2.05) is 24.5 Å². The molecule has 0 aliphatic heterocycles. The number of thioether (sulfide) groups is 1. The third kappa shape index (κ3) is 6.08. The quantitative estimate of drug-likeness (QED) is 0.603. The molecular weight excluding hydrogens is 433 g/mol. The second kappa shape index (κ2) is 10.9. The predicted molar refractivity (Wildman–Crippen MR) is 108 cm³/mol. The zero-order valence-corrected chi connectivity index (χ0v) is 18.9. The van der Waals surface area contributed by atoms with E-state index in [-0.39, 0.29) is 8.98 Å². The molecule has 0 spiro atoms. The fraction of sp³-hybridized carbons (Fsp3) is 0.350. The molecule has 0 heterocycles. The van der Waals surface area contributed by atoms with Crippen LogP contribution in [0.1, 0.15) is 29.0 Å². The predicted octanol–water partition coefficient (Wildman–Crippen LogP) is 3.80. The van der Waals surface area contributed by atoms with E-state index in [0.717, 1.165) is 12.8 Å². The van der Waals surface area contributed by atoms with Crippen molar-refractivity contribution < 1.29 is 9.53 Å². The first-order valence-electron chi connectivity index (χ1n) is 8.54. The number of hydrogen-bond donors (Lipinski definition) is 1. The summed E-state index contributed by atoms with van der Waals surface area (Å²) in [5, 5.41) is 2.05. The average molecular weight is 458 g/mol. The van der Waals surface area contributed by atoms with Gasteiger partial charge in [-0.25, -0.2) is 0 Å². The summed E-state index contributed by atoms with van der Waals surface area (Å²) in [6, 6.07) is 10.1. The molecule has 1 aromatic rings. The molecular formula is C20H25InNO2S. The van der Waals surface area contributed by atoms with Crippen molar-refractivity contribution in [2.24, 2.45) is 5.73 Å². The number of rotatable bonds is 8. The molecule has 0 bridgehead atoms. The van der Waals surface area contributed by atoms with Gasteiger partial charge in [-0.15, -0.1) is 0 Å². The van der Waals surface area contributed by atoms with Crippen molar-refractivity contribution in [3.05, 3.63) is 71.2 Å². The maximum atomic E-state index is 12.0. The molecule has 0 saturated heterocycles. The van der Waals surface area contributed by atoms with Gasteiger partial charge in [-0.05, 0) is 0 Å². The van der Waals surface area contributed by atoms with Crippen LogP contribution in [0.4, 0.5) is 0 Å². The van der Waals surface area contributed by atoms with Gasteiger partial charge in [0.1, 0.15) is 0 Å². The third-order valence-electron chi connectivity index (χ3n) is 4.12. The van der Waals surface area contributed by atoms with Crippen LogP contribution in [0.5, 0.6) is 0 Å². The van der Waals surface area contributed by atoms with Crippen LogP contribution in [0.15, 0.2) is 65.6 Å². The Hall–Kier alpha value is -0.910. The normalized spacial score (nSPS) is 17.6. The number of ether oxygens (including phenoxy) is 1. The summed E-state index contributed by atoms with van der Waals surface area (Å²) in [6.07, 6.45) is 11.1. The van der Waals surface area contributed by atoms with Crippen LogP contribution in [0, 0.1) is 0 Å². The van der Waals surface area contributed by atoms with Gasteiger partial charge >= 0.3 is 167 Å². The van der Waals surface area contributed by atoms with Gasteiger partial charge in [0, 0.05) is 0 Å². The van der Waals surface area contributed by atoms with Crippen molar-refractivity contribution >= 4 is 40.6 Å². The number of methoxy groups -OCH3 is 1. The van der Waals surface area contributed by atoms with Crippen molar-refractivity contribution in [1.82, 2.24) is 0 Å². The molecule has 5 heteroatoms. The minimum atomic E-state index is -1.32. The van der Waals surface area contributed by atoms with Crippen molar-refractivity contribution in [2.45, 2.75) is 32.5 Å². The first kappa shape index (κ1) is 20.4. The van der Waals surface area contributed by atoms with Gasteiger partial charge in [0.05, 0.1) is 0 Å². The minimum absolute atomic E-state index is 0.139. The van der Waals surface area contributed by atoms with E-state index >= 15 is 0 Å². The van der Waals surface area contributed by atoms with E-state index in [4.69, 9.17) is 10.5 Å². The number of esters is 1. The number of carbonyl (C=O) groups is 1. The SMILES string of the molecule is C/C=C\S[CH]([In][CH](C1=CCCC=C1)c1ccccc1)C(N)C(=O)OC. The van der Waals surface area contributed by atoms with Crippen molar-refractivity contribution in [2.75, 3.05) is 7.11 Å². The summed E-state index contributed by atoms with van der Waals surface area (Å²) < 4.78 is 5.45. The summed E-state index contributed by atoms with van der Waals surface area (Å²) in [5.74, 6) is -0.312.